The number of nitrogens with zero attached hydrogens (tertiary/aromatic N) is 1. The fraction of sp³-hybridized carbons (Fsp3) is 0.667. The molecule has 0 bridgehead atoms. The molecule has 2 rings (SSSR count). The van der Waals surface area contributed by atoms with Gasteiger partial charge in [0.1, 0.15) is 0 Å². The topological polar surface area (TPSA) is 34.2 Å². The zero-order valence-corrected chi connectivity index (χ0v) is 12.5. The van der Waals surface area contributed by atoms with E-state index >= 15 is 0 Å². The van der Waals surface area contributed by atoms with Gasteiger partial charge in [0, 0.05) is 25.0 Å². The van der Waals surface area contributed by atoms with Crippen LogP contribution >= 0.6 is 11.6 Å². The molecule has 0 spiro atoms. The van der Waals surface area contributed by atoms with Gasteiger partial charge >= 0.3 is 0 Å². The van der Waals surface area contributed by atoms with E-state index in [-0.39, 0.29) is 6.10 Å². The summed E-state index contributed by atoms with van der Waals surface area (Å²) >= 11 is 6.21. The molecule has 1 fully saturated rings. The number of aromatic nitrogens is 1. The highest BCUT2D eigenvalue weighted by Crippen LogP contribution is 2.26. The van der Waals surface area contributed by atoms with Crippen molar-refractivity contribution in [3.8, 4) is 0 Å². The average molecular weight is 283 g/mol. The van der Waals surface area contributed by atoms with Crippen LogP contribution in [0.4, 0.5) is 0 Å². The van der Waals surface area contributed by atoms with Crippen LogP contribution < -0.4 is 5.32 Å². The molecule has 1 N–H and O–H groups in total. The molecule has 1 saturated heterocycles. The molecular formula is C15H23ClN2O. The van der Waals surface area contributed by atoms with Crippen molar-refractivity contribution >= 4 is 11.6 Å². The predicted octanol–water partition coefficient (Wildman–Crippen LogP) is 3.07. The maximum absolute atomic E-state index is 6.21. The van der Waals surface area contributed by atoms with E-state index in [4.69, 9.17) is 16.3 Å². The Kier molecular flexibility index (Phi) is 5.61. The summed E-state index contributed by atoms with van der Waals surface area (Å²) in [5.74, 6) is 0.606. The van der Waals surface area contributed by atoms with Gasteiger partial charge in [0.2, 0.25) is 0 Å². The number of pyridine rings is 1. The molecular weight excluding hydrogens is 260 g/mol. The van der Waals surface area contributed by atoms with Gasteiger partial charge in [-0.1, -0.05) is 25.4 Å². The van der Waals surface area contributed by atoms with E-state index in [1.165, 1.54) is 0 Å². The van der Waals surface area contributed by atoms with Crippen LogP contribution in [0.25, 0.3) is 0 Å². The van der Waals surface area contributed by atoms with Gasteiger partial charge in [-0.15, -0.1) is 0 Å². The van der Waals surface area contributed by atoms with Gasteiger partial charge in [0.25, 0.3) is 0 Å². The van der Waals surface area contributed by atoms with E-state index in [0.29, 0.717) is 12.0 Å². The molecule has 3 unspecified atom stereocenters. The molecule has 3 atom stereocenters. The van der Waals surface area contributed by atoms with Gasteiger partial charge in [-0.25, -0.2) is 0 Å². The summed E-state index contributed by atoms with van der Waals surface area (Å²) in [5.41, 5.74) is 1.15. The predicted molar refractivity (Wildman–Crippen MR) is 78.6 cm³/mol. The van der Waals surface area contributed by atoms with Crippen LogP contribution in [0.1, 0.15) is 32.3 Å². The molecule has 1 aliphatic rings. The van der Waals surface area contributed by atoms with Gasteiger partial charge in [0.05, 0.1) is 11.1 Å². The van der Waals surface area contributed by atoms with Crippen LogP contribution in [0.3, 0.4) is 0 Å². The van der Waals surface area contributed by atoms with Crippen LogP contribution in [0.5, 0.6) is 0 Å². The summed E-state index contributed by atoms with van der Waals surface area (Å²) in [6.07, 6.45) is 6.98. The van der Waals surface area contributed by atoms with Gasteiger partial charge in [-0.05, 0) is 43.4 Å². The van der Waals surface area contributed by atoms with Crippen LogP contribution in [-0.2, 0) is 11.2 Å². The third-order valence-corrected chi connectivity index (χ3v) is 4.13. The lowest BCUT2D eigenvalue weighted by Gasteiger charge is -2.27. The molecule has 0 radical (unpaired) electrons. The Labute approximate surface area is 120 Å². The lowest BCUT2D eigenvalue weighted by atomic mass is 9.93. The molecule has 1 aromatic heterocycles. The van der Waals surface area contributed by atoms with Crippen molar-refractivity contribution in [3.05, 3.63) is 29.0 Å². The molecule has 3 nitrogen and oxygen atoms in total. The first-order valence-corrected chi connectivity index (χ1v) is 7.53. The Morgan fingerprint density at radius 1 is 1.58 bits per heavy atom. The summed E-state index contributed by atoms with van der Waals surface area (Å²) in [6, 6.07) is 2.33. The van der Waals surface area contributed by atoms with Crippen molar-refractivity contribution in [3.63, 3.8) is 0 Å². The molecule has 0 saturated carbocycles. The van der Waals surface area contributed by atoms with Gasteiger partial charge < -0.3 is 10.1 Å². The normalized spacial score (nSPS) is 24.6. The minimum Gasteiger partial charge on any atom is -0.376 e. The highest BCUT2D eigenvalue weighted by atomic mass is 35.5. The Morgan fingerprint density at radius 2 is 2.42 bits per heavy atom. The first kappa shape index (κ1) is 14.8. The standard InChI is InChI=1S/C15H23ClN2O/c1-3-6-18-14(15-11(2)5-8-19-15)9-12-4-7-17-10-13(12)16/h4,7,10-11,14-15,18H,3,5-6,8-9H2,1-2H3. The Morgan fingerprint density at radius 3 is 3.05 bits per heavy atom. The van der Waals surface area contributed by atoms with Crippen LogP contribution in [0.15, 0.2) is 18.5 Å². The van der Waals surface area contributed by atoms with Crippen molar-refractivity contribution in [2.24, 2.45) is 5.92 Å². The second kappa shape index (κ2) is 7.22. The lowest BCUT2D eigenvalue weighted by molar-refractivity contribution is 0.0610. The summed E-state index contributed by atoms with van der Waals surface area (Å²) in [4.78, 5) is 4.04. The monoisotopic (exact) mass is 282 g/mol. The van der Waals surface area contributed by atoms with Crippen molar-refractivity contribution in [1.29, 1.82) is 0 Å². The number of hydrogen-bond donors (Lipinski definition) is 1. The zero-order valence-electron chi connectivity index (χ0n) is 11.7. The van der Waals surface area contributed by atoms with Crippen LogP contribution in [-0.4, -0.2) is 30.3 Å². The van der Waals surface area contributed by atoms with E-state index in [1.54, 1.807) is 12.4 Å². The van der Waals surface area contributed by atoms with Crippen LogP contribution in [0.2, 0.25) is 5.02 Å². The van der Waals surface area contributed by atoms with Gasteiger partial charge in [0.15, 0.2) is 0 Å². The minimum atomic E-state index is 0.288. The Bertz CT molecular complexity index is 399. The number of nitrogens with one attached hydrogen (secondary N) is 1. The first-order chi connectivity index (χ1) is 9.22. The number of halogens is 1. The van der Waals surface area contributed by atoms with Crippen molar-refractivity contribution in [2.75, 3.05) is 13.2 Å². The Hall–Kier alpha value is -0.640. The maximum Gasteiger partial charge on any atom is 0.0757 e. The second-order valence-electron chi connectivity index (χ2n) is 5.33. The Balaban J connectivity index is 2.07. The zero-order chi connectivity index (χ0) is 13.7. The van der Waals surface area contributed by atoms with E-state index in [9.17, 15) is 0 Å². The molecule has 19 heavy (non-hydrogen) atoms. The van der Waals surface area contributed by atoms with Gasteiger partial charge in [-0.3, -0.25) is 4.98 Å². The van der Waals surface area contributed by atoms with Gasteiger partial charge in [-0.2, -0.15) is 0 Å². The summed E-state index contributed by atoms with van der Waals surface area (Å²) < 4.78 is 5.92. The summed E-state index contributed by atoms with van der Waals surface area (Å²) in [6.45, 7) is 6.34. The third kappa shape index (κ3) is 3.91. The maximum atomic E-state index is 6.21. The molecule has 0 aromatic carbocycles. The highest BCUT2D eigenvalue weighted by molar-refractivity contribution is 6.31. The largest absolute Gasteiger partial charge is 0.376 e. The number of hydrogen-bond acceptors (Lipinski definition) is 3. The molecule has 2 heterocycles. The van der Waals surface area contributed by atoms with Crippen molar-refractivity contribution in [2.45, 2.75) is 45.3 Å². The third-order valence-electron chi connectivity index (χ3n) is 3.79. The molecule has 0 aliphatic carbocycles. The summed E-state index contributed by atoms with van der Waals surface area (Å²) in [5, 5.41) is 4.36. The molecule has 0 amide bonds. The van der Waals surface area contributed by atoms with E-state index in [0.717, 1.165) is 43.0 Å². The van der Waals surface area contributed by atoms with E-state index in [1.807, 2.05) is 6.07 Å². The van der Waals surface area contributed by atoms with Crippen LogP contribution in [0, 0.1) is 5.92 Å². The second-order valence-corrected chi connectivity index (χ2v) is 5.74. The molecule has 1 aromatic rings. The van der Waals surface area contributed by atoms with Crippen molar-refractivity contribution in [1.82, 2.24) is 10.3 Å². The van der Waals surface area contributed by atoms with E-state index < -0.39 is 0 Å². The fourth-order valence-electron chi connectivity index (χ4n) is 2.67. The molecule has 4 heteroatoms. The lowest BCUT2D eigenvalue weighted by Crippen LogP contribution is -2.44. The fourth-order valence-corrected chi connectivity index (χ4v) is 2.87. The van der Waals surface area contributed by atoms with Crippen molar-refractivity contribution < 1.29 is 4.74 Å². The average Bonchev–Trinajstić information content (AvgIpc) is 2.83. The highest BCUT2D eigenvalue weighted by Gasteiger charge is 2.32. The summed E-state index contributed by atoms with van der Waals surface area (Å²) in [7, 11) is 0. The minimum absolute atomic E-state index is 0.288. The number of ether oxygens (including phenoxy) is 1. The molecule has 106 valence electrons. The SMILES string of the molecule is CCCNC(Cc1ccncc1Cl)C1OCCC1C. The van der Waals surface area contributed by atoms with E-state index in [2.05, 4.69) is 24.1 Å². The quantitative estimate of drug-likeness (QED) is 0.871. The first-order valence-electron chi connectivity index (χ1n) is 7.15. The molecule has 1 aliphatic heterocycles. The number of rotatable bonds is 6. The smallest absolute Gasteiger partial charge is 0.0757 e.